The van der Waals surface area contributed by atoms with E-state index in [-0.39, 0.29) is 23.3 Å². The molecule has 0 saturated carbocycles. The first-order valence-electron chi connectivity index (χ1n) is 12.6. The van der Waals surface area contributed by atoms with Crippen LogP contribution in [-0.2, 0) is 12.1 Å². The third kappa shape index (κ3) is 3.98. The highest BCUT2D eigenvalue weighted by Crippen LogP contribution is 2.43. The normalized spacial score (nSPS) is 18.2. The molecule has 0 amide bonds. The van der Waals surface area contributed by atoms with Crippen molar-refractivity contribution in [1.29, 1.82) is 0 Å². The number of carbonyl (C=O) groups excluding carboxylic acids is 2. The van der Waals surface area contributed by atoms with Crippen LogP contribution in [0.5, 0.6) is 0 Å². The Bertz CT molecular complexity index is 1310. The highest BCUT2D eigenvalue weighted by molar-refractivity contribution is 6.32. The molecule has 2 heterocycles. The summed E-state index contributed by atoms with van der Waals surface area (Å²) < 4.78 is 13.8. The lowest BCUT2D eigenvalue weighted by Gasteiger charge is -2.44. The fourth-order valence-corrected chi connectivity index (χ4v) is 5.60. The Labute approximate surface area is 212 Å². The van der Waals surface area contributed by atoms with Gasteiger partial charge in [0.15, 0.2) is 17.1 Å². The van der Waals surface area contributed by atoms with Crippen molar-refractivity contribution in [2.45, 2.75) is 45.7 Å². The molecule has 5 nitrogen and oxygen atoms in total. The topological polar surface area (TPSA) is 53.5 Å². The van der Waals surface area contributed by atoms with E-state index in [1.807, 2.05) is 38.1 Å². The molecule has 1 fully saturated rings. The van der Waals surface area contributed by atoms with Gasteiger partial charge in [0.1, 0.15) is 5.82 Å². The monoisotopic (exact) mass is 485 g/mol. The van der Waals surface area contributed by atoms with Crippen LogP contribution in [0.1, 0.15) is 68.6 Å². The van der Waals surface area contributed by atoms with E-state index in [2.05, 4.69) is 28.6 Å². The third-order valence-corrected chi connectivity index (χ3v) is 7.61. The molecule has 2 aliphatic rings. The number of piperazine rings is 1. The molecule has 3 aromatic rings. The molecule has 186 valence electrons. The van der Waals surface area contributed by atoms with Crippen molar-refractivity contribution in [2.24, 2.45) is 0 Å². The summed E-state index contributed by atoms with van der Waals surface area (Å²) in [7, 11) is 0. The summed E-state index contributed by atoms with van der Waals surface area (Å²) in [5, 5.41) is 0. The minimum atomic E-state index is -1.39. The van der Waals surface area contributed by atoms with E-state index in [0.29, 0.717) is 49.4 Å². The molecule has 36 heavy (non-hydrogen) atoms. The number of aromatic nitrogens is 1. The zero-order valence-corrected chi connectivity index (χ0v) is 21.3. The number of halogens is 1. The Morgan fingerprint density at radius 3 is 2.17 bits per heavy atom. The number of hydrogen-bond acceptors (Lipinski definition) is 5. The lowest BCUT2D eigenvalue weighted by molar-refractivity contribution is 0.0278. The molecule has 0 spiro atoms. The standard InChI is InChI=1S/C30H32FN3O2/c1-19(2)27-17-23(15-21(4)32-27)30(28(35)25-7-5-6-8-26(25)29(30)36)34-13-11-33(12-14-34)18-22-16-24(31)10-9-20(22)3/h5-10,15-17,19H,11-14,18H2,1-4H3. The second-order valence-electron chi connectivity index (χ2n) is 10.3. The van der Waals surface area contributed by atoms with Crippen LogP contribution >= 0.6 is 0 Å². The van der Waals surface area contributed by atoms with Crippen molar-refractivity contribution < 1.29 is 14.0 Å². The van der Waals surface area contributed by atoms with Crippen molar-refractivity contribution in [3.63, 3.8) is 0 Å². The average Bonchev–Trinajstić information content (AvgIpc) is 3.09. The molecule has 0 atom stereocenters. The molecular weight excluding hydrogens is 453 g/mol. The smallest absolute Gasteiger partial charge is 0.196 e. The van der Waals surface area contributed by atoms with Crippen LogP contribution in [0.25, 0.3) is 0 Å². The lowest BCUT2D eigenvalue weighted by Crippen LogP contribution is -2.60. The van der Waals surface area contributed by atoms with Gasteiger partial charge in [-0.1, -0.05) is 44.2 Å². The van der Waals surface area contributed by atoms with E-state index < -0.39 is 5.54 Å². The number of aryl methyl sites for hydroxylation is 2. The van der Waals surface area contributed by atoms with Crippen molar-refractivity contribution in [3.8, 4) is 0 Å². The maximum atomic E-state index is 14.1. The van der Waals surface area contributed by atoms with E-state index in [1.54, 1.807) is 24.3 Å². The molecule has 6 heteroatoms. The Hall–Kier alpha value is -3.22. The molecule has 0 N–H and O–H groups in total. The molecule has 0 radical (unpaired) electrons. The molecule has 5 rings (SSSR count). The second kappa shape index (κ2) is 9.34. The number of fused-ring (bicyclic) bond motifs is 1. The Balaban J connectivity index is 1.52. The van der Waals surface area contributed by atoms with Gasteiger partial charge < -0.3 is 0 Å². The summed E-state index contributed by atoms with van der Waals surface area (Å²) in [6.07, 6.45) is 0. The van der Waals surface area contributed by atoms with E-state index in [1.165, 1.54) is 6.07 Å². The summed E-state index contributed by atoms with van der Waals surface area (Å²) >= 11 is 0. The predicted octanol–water partition coefficient (Wildman–Crippen LogP) is 5.05. The van der Waals surface area contributed by atoms with Gasteiger partial charge in [-0.15, -0.1) is 0 Å². The molecule has 1 aromatic heterocycles. The molecule has 2 aromatic carbocycles. The number of benzene rings is 2. The van der Waals surface area contributed by atoms with Gasteiger partial charge in [-0.05, 0) is 60.7 Å². The SMILES string of the molecule is Cc1cc(C2(N3CCN(Cc4cc(F)ccc4C)CC3)C(=O)c3ccccc3C2=O)cc(C(C)C)n1. The number of rotatable bonds is 5. The highest BCUT2D eigenvalue weighted by Gasteiger charge is 2.58. The van der Waals surface area contributed by atoms with Gasteiger partial charge in [-0.25, -0.2) is 4.39 Å². The summed E-state index contributed by atoms with van der Waals surface area (Å²) in [5.74, 6) is -0.376. The van der Waals surface area contributed by atoms with Crippen LogP contribution < -0.4 is 0 Å². The molecular formula is C30H32FN3O2. The Kier molecular flexibility index (Phi) is 6.35. The molecule has 1 saturated heterocycles. The Morgan fingerprint density at radius 1 is 0.917 bits per heavy atom. The number of Topliss-reactive ketones (excluding diaryl/α,β-unsaturated/α-hetero) is 2. The van der Waals surface area contributed by atoms with Crippen molar-refractivity contribution >= 4 is 11.6 Å². The van der Waals surface area contributed by atoms with Crippen LogP contribution in [-0.4, -0.2) is 52.5 Å². The zero-order valence-electron chi connectivity index (χ0n) is 21.3. The maximum Gasteiger partial charge on any atom is 0.196 e. The van der Waals surface area contributed by atoms with Crippen LogP contribution in [0.3, 0.4) is 0 Å². The van der Waals surface area contributed by atoms with Crippen LogP contribution in [0, 0.1) is 19.7 Å². The number of hydrogen-bond donors (Lipinski definition) is 0. The van der Waals surface area contributed by atoms with Crippen molar-refractivity contribution in [3.05, 3.63) is 99.6 Å². The maximum absolute atomic E-state index is 14.1. The van der Waals surface area contributed by atoms with E-state index in [0.717, 1.165) is 22.5 Å². The molecule has 1 aliphatic heterocycles. The second-order valence-corrected chi connectivity index (χ2v) is 10.3. The van der Waals surface area contributed by atoms with Gasteiger partial charge in [-0.3, -0.25) is 24.4 Å². The van der Waals surface area contributed by atoms with Gasteiger partial charge >= 0.3 is 0 Å². The van der Waals surface area contributed by atoms with Gasteiger partial charge in [0, 0.05) is 55.2 Å². The summed E-state index contributed by atoms with van der Waals surface area (Å²) in [6, 6.07) is 15.9. The first kappa shape index (κ1) is 24.5. The molecule has 0 bridgehead atoms. The first-order valence-corrected chi connectivity index (χ1v) is 12.6. The van der Waals surface area contributed by atoms with Gasteiger partial charge in [0.05, 0.1) is 0 Å². The van der Waals surface area contributed by atoms with Gasteiger partial charge in [0.25, 0.3) is 0 Å². The summed E-state index contributed by atoms with van der Waals surface area (Å²) in [4.78, 5) is 37.3. The van der Waals surface area contributed by atoms with Gasteiger partial charge in [0.2, 0.25) is 0 Å². The summed E-state index contributed by atoms with van der Waals surface area (Å²) in [6.45, 7) is 11.1. The predicted molar refractivity (Wildman–Crippen MR) is 138 cm³/mol. The molecule has 0 unspecified atom stereocenters. The van der Waals surface area contributed by atoms with Gasteiger partial charge in [-0.2, -0.15) is 0 Å². The van der Waals surface area contributed by atoms with E-state index >= 15 is 0 Å². The highest BCUT2D eigenvalue weighted by atomic mass is 19.1. The van der Waals surface area contributed by atoms with Crippen LogP contribution in [0.4, 0.5) is 4.39 Å². The quantitative estimate of drug-likeness (QED) is 0.473. The molecule has 1 aliphatic carbocycles. The minimum Gasteiger partial charge on any atom is -0.297 e. The number of nitrogens with zero attached hydrogens (tertiary/aromatic N) is 3. The largest absolute Gasteiger partial charge is 0.297 e. The fraction of sp³-hybridized carbons (Fsp3) is 0.367. The first-order chi connectivity index (χ1) is 17.2. The zero-order chi connectivity index (χ0) is 25.6. The fourth-order valence-electron chi connectivity index (χ4n) is 5.60. The third-order valence-electron chi connectivity index (χ3n) is 7.61. The van der Waals surface area contributed by atoms with E-state index in [9.17, 15) is 14.0 Å². The van der Waals surface area contributed by atoms with E-state index in [4.69, 9.17) is 0 Å². The minimum absolute atomic E-state index is 0.155. The number of ketones is 2. The van der Waals surface area contributed by atoms with Crippen LogP contribution in [0.15, 0.2) is 54.6 Å². The Morgan fingerprint density at radius 2 is 1.56 bits per heavy atom. The van der Waals surface area contributed by atoms with Crippen molar-refractivity contribution in [1.82, 2.24) is 14.8 Å². The summed E-state index contributed by atoms with van der Waals surface area (Å²) in [5.41, 5.74) is 3.99. The average molecular weight is 486 g/mol. The number of pyridine rings is 1. The number of carbonyl (C=O) groups is 2. The lowest BCUT2D eigenvalue weighted by atomic mass is 9.81. The van der Waals surface area contributed by atoms with Crippen LogP contribution in [0.2, 0.25) is 0 Å². The van der Waals surface area contributed by atoms with Crippen molar-refractivity contribution in [2.75, 3.05) is 26.2 Å².